The van der Waals surface area contributed by atoms with E-state index in [0.29, 0.717) is 0 Å². The molecule has 0 saturated carbocycles. The van der Waals surface area contributed by atoms with E-state index >= 15 is 0 Å². The summed E-state index contributed by atoms with van der Waals surface area (Å²) in [7, 11) is 0. The third-order valence-electron chi connectivity index (χ3n) is 1.20. The monoisotopic (exact) mass is 172 g/mol. The number of carbonyl (C=O) groups is 2. The maximum Gasteiger partial charge on any atom is 0.122 e. The molecule has 0 N–H and O–H groups in total. The third kappa shape index (κ3) is 22.8. The van der Waals surface area contributed by atoms with Gasteiger partial charge in [-0.15, -0.1) is 0 Å². The van der Waals surface area contributed by atoms with Crippen LogP contribution in [0.15, 0.2) is 0 Å². The lowest BCUT2D eigenvalue weighted by Gasteiger charge is -1.85. The van der Waals surface area contributed by atoms with E-state index in [1.54, 1.807) is 0 Å². The SMILES string of the molecule is CC(C)C=O.CCCCCC=O. The van der Waals surface area contributed by atoms with Gasteiger partial charge in [-0.05, 0) is 6.42 Å². The van der Waals surface area contributed by atoms with Crippen LogP contribution in [-0.4, -0.2) is 12.6 Å². The fourth-order valence-electron chi connectivity index (χ4n) is 0.478. The molecule has 0 unspecified atom stereocenters. The fraction of sp³-hybridized carbons (Fsp3) is 0.800. The van der Waals surface area contributed by atoms with Gasteiger partial charge in [0.05, 0.1) is 0 Å². The van der Waals surface area contributed by atoms with Crippen LogP contribution in [0.5, 0.6) is 0 Å². The number of carbonyl (C=O) groups excluding carboxylic acids is 2. The molecule has 0 bridgehead atoms. The van der Waals surface area contributed by atoms with Gasteiger partial charge < -0.3 is 9.59 Å². The Balaban J connectivity index is 0. The minimum atomic E-state index is 0.204. The van der Waals surface area contributed by atoms with Gasteiger partial charge in [0.1, 0.15) is 12.6 Å². The Labute approximate surface area is 75.4 Å². The zero-order valence-electron chi connectivity index (χ0n) is 8.38. The molecule has 0 aromatic carbocycles. The fourth-order valence-corrected chi connectivity index (χ4v) is 0.478. The molecule has 0 aromatic rings. The van der Waals surface area contributed by atoms with Gasteiger partial charge in [-0.1, -0.05) is 33.6 Å². The zero-order chi connectivity index (χ0) is 9.82. The lowest BCUT2D eigenvalue weighted by molar-refractivity contribution is -0.110. The number of aldehydes is 2. The average Bonchev–Trinajstić information content (AvgIpc) is 2.07. The highest BCUT2D eigenvalue weighted by atomic mass is 16.1. The molecule has 0 heterocycles. The van der Waals surface area contributed by atoms with Crippen molar-refractivity contribution in [3.8, 4) is 0 Å². The van der Waals surface area contributed by atoms with Crippen LogP contribution in [0.3, 0.4) is 0 Å². The molecule has 0 radical (unpaired) electrons. The first-order chi connectivity index (χ1) is 5.68. The number of hydrogen-bond acceptors (Lipinski definition) is 2. The van der Waals surface area contributed by atoms with E-state index in [-0.39, 0.29) is 5.92 Å². The predicted octanol–water partition coefficient (Wildman–Crippen LogP) is 2.61. The maximum atomic E-state index is 9.68. The van der Waals surface area contributed by atoms with Gasteiger partial charge in [0.25, 0.3) is 0 Å². The van der Waals surface area contributed by atoms with Crippen LogP contribution in [0, 0.1) is 5.92 Å². The second-order valence-corrected chi connectivity index (χ2v) is 3.04. The van der Waals surface area contributed by atoms with Gasteiger partial charge in [0.2, 0.25) is 0 Å². The largest absolute Gasteiger partial charge is 0.303 e. The number of unbranched alkanes of at least 4 members (excludes halogenated alkanes) is 3. The van der Waals surface area contributed by atoms with Crippen LogP contribution in [0.4, 0.5) is 0 Å². The summed E-state index contributed by atoms with van der Waals surface area (Å²) >= 11 is 0. The topological polar surface area (TPSA) is 34.1 Å². The summed E-state index contributed by atoms with van der Waals surface area (Å²) in [5.41, 5.74) is 0. The first kappa shape index (κ1) is 13.9. The van der Waals surface area contributed by atoms with E-state index in [0.717, 1.165) is 25.4 Å². The first-order valence-corrected chi connectivity index (χ1v) is 4.57. The van der Waals surface area contributed by atoms with Crippen LogP contribution in [-0.2, 0) is 9.59 Å². The zero-order valence-corrected chi connectivity index (χ0v) is 8.38. The van der Waals surface area contributed by atoms with E-state index in [4.69, 9.17) is 0 Å². The summed E-state index contributed by atoms with van der Waals surface area (Å²) in [5, 5.41) is 0. The van der Waals surface area contributed by atoms with E-state index in [9.17, 15) is 9.59 Å². The van der Waals surface area contributed by atoms with Crippen molar-refractivity contribution in [1.29, 1.82) is 0 Å². The lowest BCUT2D eigenvalue weighted by atomic mass is 10.2. The summed E-state index contributed by atoms with van der Waals surface area (Å²) in [6.45, 7) is 5.84. The standard InChI is InChI=1S/C6H12O.C4H8O/c1-2-3-4-5-6-7;1-4(2)3-5/h6H,2-5H2,1H3;3-4H,1-2H3. The Kier molecular flexibility index (Phi) is 15.0. The minimum Gasteiger partial charge on any atom is -0.303 e. The Morgan fingerprint density at radius 2 is 1.67 bits per heavy atom. The Morgan fingerprint density at radius 3 is 1.92 bits per heavy atom. The normalized spacial score (nSPS) is 8.67. The highest BCUT2D eigenvalue weighted by molar-refractivity contribution is 5.51. The molecule has 12 heavy (non-hydrogen) atoms. The van der Waals surface area contributed by atoms with Crippen LogP contribution in [0.2, 0.25) is 0 Å². The van der Waals surface area contributed by atoms with Crippen molar-refractivity contribution in [1.82, 2.24) is 0 Å². The van der Waals surface area contributed by atoms with Crippen molar-refractivity contribution >= 4 is 12.6 Å². The van der Waals surface area contributed by atoms with Crippen molar-refractivity contribution in [3.63, 3.8) is 0 Å². The molecule has 2 heteroatoms. The Hall–Kier alpha value is -0.660. The molecule has 0 aromatic heterocycles. The van der Waals surface area contributed by atoms with Gasteiger partial charge in [-0.2, -0.15) is 0 Å². The molecule has 2 nitrogen and oxygen atoms in total. The van der Waals surface area contributed by atoms with Crippen LogP contribution in [0.1, 0.15) is 46.5 Å². The molecule has 0 atom stereocenters. The molecule has 0 saturated heterocycles. The second kappa shape index (κ2) is 13.0. The van der Waals surface area contributed by atoms with Crippen molar-refractivity contribution in [3.05, 3.63) is 0 Å². The van der Waals surface area contributed by atoms with Gasteiger partial charge in [0.15, 0.2) is 0 Å². The van der Waals surface area contributed by atoms with Crippen molar-refractivity contribution in [2.24, 2.45) is 5.92 Å². The van der Waals surface area contributed by atoms with Crippen molar-refractivity contribution in [2.45, 2.75) is 46.5 Å². The third-order valence-corrected chi connectivity index (χ3v) is 1.20. The van der Waals surface area contributed by atoms with Crippen LogP contribution < -0.4 is 0 Å². The van der Waals surface area contributed by atoms with E-state index in [2.05, 4.69) is 6.92 Å². The molecule has 0 rings (SSSR count). The van der Waals surface area contributed by atoms with E-state index in [1.165, 1.54) is 12.8 Å². The van der Waals surface area contributed by atoms with Gasteiger partial charge in [0, 0.05) is 12.3 Å². The summed E-state index contributed by atoms with van der Waals surface area (Å²) in [5.74, 6) is 0.204. The number of hydrogen-bond donors (Lipinski definition) is 0. The molecule has 0 spiro atoms. The van der Waals surface area contributed by atoms with Crippen molar-refractivity contribution < 1.29 is 9.59 Å². The van der Waals surface area contributed by atoms with Crippen LogP contribution in [0.25, 0.3) is 0 Å². The molecule has 0 aliphatic heterocycles. The molecule has 0 amide bonds. The van der Waals surface area contributed by atoms with Crippen molar-refractivity contribution in [2.75, 3.05) is 0 Å². The molecular weight excluding hydrogens is 152 g/mol. The Bertz CT molecular complexity index is 98.0. The van der Waals surface area contributed by atoms with E-state index < -0.39 is 0 Å². The van der Waals surface area contributed by atoms with Gasteiger partial charge in [-0.25, -0.2) is 0 Å². The summed E-state index contributed by atoms with van der Waals surface area (Å²) in [6.07, 6.45) is 6.11. The van der Waals surface area contributed by atoms with Crippen LogP contribution >= 0.6 is 0 Å². The molecule has 0 aliphatic rings. The highest BCUT2D eigenvalue weighted by Crippen LogP contribution is 1.94. The summed E-state index contributed by atoms with van der Waals surface area (Å²) in [6, 6.07) is 0. The molecule has 72 valence electrons. The summed E-state index contributed by atoms with van der Waals surface area (Å²) in [4.78, 5) is 19.2. The predicted molar refractivity (Wildman–Crippen MR) is 51.1 cm³/mol. The minimum absolute atomic E-state index is 0.204. The first-order valence-electron chi connectivity index (χ1n) is 4.57. The highest BCUT2D eigenvalue weighted by Gasteiger charge is 1.80. The second-order valence-electron chi connectivity index (χ2n) is 3.04. The van der Waals surface area contributed by atoms with E-state index in [1.807, 2.05) is 13.8 Å². The quantitative estimate of drug-likeness (QED) is 0.472. The smallest absolute Gasteiger partial charge is 0.122 e. The maximum absolute atomic E-state index is 9.68. The van der Waals surface area contributed by atoms with Gasteiger partial charge in [-0.3, -0.25) is 0 Å². The molecular formula is C10H20O2. The summed E-state index contributed by atoms with van der Waals surface area (Å²) < 4.78 is 0. The van der Waals surface area contributed by atoms with Gasteiger partial charge >= 0.3 is 0 Å². The molecule has 0 fully saturated rings. The lowest BCUT2D eigenvalue weighted by Crippen LogP contribution is -1.82. The average molecular weight is 172 g/mol. The Morgan fingerprint density at radius 1 is 1.17 bits per heavy atom. The number of rotatable bonds is 5. The molecule has 0 aliphatic carbocycles.